The van der Waals surface area contributed by atoms with Crippen LogP contribution in [0.4, 0.5) is 0 Å². The lowest BCUT2D eigenvalue weighted by Crippen LogP contribution is -2.41. The number of hydrogen-bond donors (Lipinski definition) is 2. The van der Waals surface area contributed by atoms with Gasteiger partial charge in [-0.05, 0) is 43.1 Å². The van der Waals surface area contributed by atoms with Gasteiger partial charge in [0.25, 0.3) is 0 Å². The molecule has 1 aliphatic carbocycles. The Morgan fingerprint density at radius 2 is 1.79 bits per heavy atom. The van der Waals surface area contributed by atoms with Crippen LogP contribution in [0.25, 0.3) is 0 Å². The minimum Gasteiger partial charge on any atom is -0.481 e. The quantitative estimate of drug-likeness (QED) is 0.774. The van der Waals surface area contributed by atoms with Crippen molar-refractivity contribution in [1.82, 2.24) is 5.32 Å². The third-order valence-corrected chi connectivity index (χ3v) is 5.04. The molecule has 1 amide bonds. The maximum absolute atomic E-state index is 12.1. The highest BCUT2D eigenvalue weighted by Crippen LogP contribution is 2.26. The van der Waals surface area contributed by atoms with Crippen LogP contribution in [-0.2, 0) is 9.59 Å². The van der Waals surface area contributed by atoms with Crippen molar-refractivity contribution in [2.45, 2.75) is 25.7 Å². The largest absolute Gasteiger partial charge is 0.481 e. The molecule has 1 aliphatic heterocycles. The second-order valence-corrected chi connectivity index (χ2v) is 6.52. The fraction of sp³-hybridized carbons (Fsp3) is 0.714. The average Bonchev–Trinajstić information content (AvgIpc) is 2.46. The zero-order chi connectivity index (χ0) is 13.7. The van der Waals surface area contributed by atoms with Crippen LogP contribution in [0.15, 0.2) is 12.2 Å². The van der Waals surface area contributed by atoms with E-state index >= 15 is 0 Å². The molecule has 4 nitrogen and oxygen atoms in total. The van der Waals surface area contributed by atoms with E-state index in [0.717, 1.165) is 12.8 Å². The minimum atomic E-state index is -0.862. The van der Waals surface area contributed by atoms with Crippen LogP contribution in [0.1, 0.15) is 25.7 Å². The second-order valence-electron chi connectivity index (χ2n) is 5.29. The summed E-state index contributed by atoms with van der Waals surface area (Å²) in [5.41, 5.74) is 0. The number of nitrogens with one attached hydrogen (secondary N) is 1. The number of aliphatic carboxylic acids is 1. The van der Waals surface area contributed by atoms with Crippen molar-refractivity contribution in [3.05, 3.63) is 12.2 Å². The van der Waals surface area contributed by atoms with Crippen molar-refractivity contribution in [2.75, 3.05) is 18.1 Å². The predicted octanol–water partition coefficient (Wildman–Crippen LogP) is 1.91. The van der Waals surface area contributed by atoms with Gasteiger partial charge in [0, 0.05) is 6.54 Å². The first kappa shape index (κ1) is 14.4. The number of carbonyl (C=O) groups excluding carboxylic acids is 1. The Morgan fingerprint density at radius 1 is 1.16 bits per heavy atom. The third-order valence-electron chi connectivity index (χ3n) is 3.99. The van der Waals surface area contributed by atoms with Crippen molar-refractivity contribution >= 4 is 23.6 Å². The van der Waals surface area contributed by atoms with Gasteiger partial charge in [0.1, 0.15) is 0 Å². The highest BCUT2D eigenvalue weighted by atomic mass is 32.2. The third kappa shape index (κ3) is 4.00. The molecule has 0 aromatic carbocycles. The lowest BCUT2D eigenvalue weighted by atomic mass is 9.82. The first-order chi connectivity index (χ1) is 9.18. The molecule has 0 aromatic rings. The molecule has 106 valence electrons. The Labute approximate surface area is 118 Å². The van der Waals surface area contributed by atoms with Crippen molar-refractivity contribution in [2.24, 2.45) is 17.8 Å². The Hall–Kier alpha value is -0.970. The maximum Gasteiger partial charge on any atom is 0.307 e. The van der Waals surface area contributed by atoms with Gasteiger partial charge in [-0.1, -0.05) is 12.2 Å². The number of amides is 1. The molecular formula is C14H21NO3S. The van der Waals surface area contributed by atoms with E-state index in [0.29, 0.717) is 25.3 Å². The van der Waals surface area contributed by atoms with Crippen LogP contribution in [0.3, 0.4) is 0 Å². The molecule has 0 bridgehead atoms. The number of carboxylic acids is 1. The fourth-order valence-electron chi connectivity index (χ4n) is 2.70. The molecule has 5 heteroatoms. The van der Waals surface area contributed by atoms with E-state index in [9.17, 15) is 9.59 Å². The predicted molar refractivity (Wildman–Crippen MR) is 76.0 cm³/mol. The van der Waals surface area contributed by atoms with Crippen molar-refractivity contribution in [1.29, 1.82) is 0 Å². The second kappa shape index (κ2) is 6.98. The highest BCUT2D eigenvalue weighted by Gasteiger charge is 2.33. The van der Waals surface area contributed by atoms with E-state index < -0.39 is 17.8 Å². The number of carboxylic acid groups (broad SMARTS) is 1. The molecule has 2 N–H and O–H groups in total. The Bertz CT molecular complexity index is 364. The van der Waals surface area contributed by atoms with E-state index in [1.807, 2.05) is 23.9 Å². The fourth-order valence-corrected chi connectivity index (χ4v) is 3.91. The summed E-state index contributed by atoms with van der Waals surface area (Å²) in [7, 11) is 0. The average molecular weight is 283 g/mol. The van der Waals surface area contributed by atoms with Gasteiger partial charge in [0.15, 0.2) is 0 Å². The van der Waals surface area contributed by atoms with Crippen molar-refractivity contribution in [3.8, 4) is 0 Å². The van der Waals surface area contributed by atoms with E-state index in [1.54, 1.807) is 0 Å². The van der Waals surface area contributed by atoms with Gasteiger partial charge < -0.3 is 10.4 Å². The lowest BCUT2D eigenvalue weighted by Gasteiger charge is -2.26. The summed E-state index contributed by atoms with van der Waals surface area (Å²) < 4.78 is 0. The molecule has 2 unspecified atom stereocenters. The van der Waals surface area contributed by atoms with Crippen molar-refractivity contribution in [3.63, 3.8) is 0 Å². The SMILES string of the molecule is O=C(O)C1CC=CCC1C(=O)NCC1CCSCC1. The molecule has 0 saturated carbocycles. The molecule has 0 radical (unpaired) electrons. The van der Waals surface area contributed by atoms with Crippen LogP contribution in [0.5, 0.6) is 0 Å². The van der Waals surface area contributed by atoms with E-state index in [4.69, 9.17) is 5.11 Å². The summed E-state index contributed by atoms with van der Waals surface area (Å²) in [5, 5.41) is 12.1. The zero-order valence-corrected chi connectivity index (χ0v) is 11.8. The summed E-state index contributed by atoms with van der Waals surface area (Å²) in [6.45, 7) is 0.700. The van der Waals surface area contributed by atoms with Crippen LogP contribution in [-0.4, -0.2) is 35.0 Å². The molecule has 19 heavy (non-hydrogen) atoms. The molecule has 1 heterocycles. The summed E-state index contributed by atoms with van der Waals surface area (Å²) in [4.78, 5) is 23.3. The molecule has 2 aliphatic rings. The first-order valence-corrected chi connectivity index (χ1v) is 8.07. The van der Waals surface area contributed by atoms with Crippen LogP contribution in [0.2, 0.25) is 0 Å². The summed E-state index contributed by atoms with van der Waals surface area (Å²) in [6.07, 6.45) is 7.09. The standard InChI is InChI=1S/C14H21NO3S/c16-13(15-9-10-5-7-19-8-6-10)11-3-1-2-4-12(11)14(17)18/h1-2,10-12H,3-9H2,(H,15,16)(H,17,18). The maximum atomic E-state index is 12.1. The molecule has 0 aromatic heterocycles. The Kier molecular flexibility index (Phi) is 5.31. The number of hydrogen-bond acceptors (Lipinski definition) is 3. The van der Waals surface area contributed by atoms with Gasteiger partial charge >= 0.3 is 5.97 Å². The molecule has 2 rings (SSSR count). The van der Waals surface area contributed by atoms with Crippen LogP contribution < -0.4 is 5.32 Å². The smallest absolute Gasteiger partial charge is 0.307 e. The van der Waals surface area contributed by atoms with Crippen LogP contribution in [0, 0.1) is 17.8 Å². The monoisotopic (exact) mass is 283 g/mol. The number of thioether (sulfide) groups is 1. The summed E-state index contributed by atoms with van der Waals surface area (Å²) in [6, 6.07) is 0. The molecule has 0 spiro atoms. The van der Waals surface area contributed by atoms with Gasteiger partial charge in [-0.3, -0.25) is 9.59 Å². The molecular weight excluding hydrogens is 262 g/mol. The minimum absolute atomic E-state index is 0.0880. The number of allylic oxidation sites excluding steroid dienone is 2. The van der Waals surface area contributed by atoms with Gasteiger partial charge in [-0.25, -0.2) is 0 Å². The molecule has 1 saturated heterocycles. The summed E-state index contributed by atoms with van der Waals surface area (Å²) >= 11 is 1.97. The van der Waals surface area contributed by atoms with Gasteiger partial charge in [0.05, 0.1) is 11.8 Å². The molecule has 1 fully saturated rings. The van der Waals surface area contributed by atoms with E-state index in [1.165, 1.54) is 11.5 Å². The lowest BCUT2D eigenvalue weighted by molar-refractivity contribution is -0.147. The van der Waals surface area contributed by atoms with Gasteiger partial charge in [-0.15, -0.1) is 0 Å². The van der Waals surface area contributed by atoms with Gasteiger partial charge in [0.2, 0.25) is 5.91 Å². The zero-order valence-electron chi connectivity index (χ0n) is 11.0. The van der Waals surface area contributed by atoms with E-state index in [-0.39, 0.29) is 5.91 Å². The van der Waals surface area contributed by atoms with Crippen LogP contribution >= 0.6 is 11.8 Å². The topological polar surface area (TPSA) is 66.4 Å². The molecule has 2 atom stereocenters. The number of rotatable bonds is 4. The Morgan fingerprint density at radius 3 is 2.42 bits per heavy atom. The first-order valence-electron chi connectivity index (χ1n) is 6.91. The normalized spacial score (nSPS) is 28.0. The number of carbonyl (C=O) groups is 2. The van der Waals surface area contributed by atoms with E-state index in [2.05, 4.69) is 5.32 Å². The summed E-state index contributed by atoms with van der Waals surface area (Å²) in [5.74, 6) is 0.989. The Balaban J connectivity index is 1.84. The highest BCUT2D eigenvalue weighted by molar-refractivity contribution is 7.99. The van der Waals surface area contributed by atoms with Crippen molar-refractivity contribution < 1.29 is 14.7 Å². The van der Waals surface area contributed by atoms with Gasteiger partial charge in [-0.2, -0.15) is 11.8 Å².